The first-order chi connectivity index (χ1) is 13.8. The number of esters is 1. The molecule has 0 N–H and O–H groups in total. The van der Waals surface area contributed by atoms with E-state index < -0.39 is 0 Å². The summed E-state index contributed by atoms with van der Waals surface area (Å²) in [6, 6.07) is 8.07. The largest absolute Gasteiger partial charge is 0.482 e. The number of carbonyl (C=O) groups is 1. The van der Waals surface area contributed by atoms with Crippen molar-refractivity contribution in [1.82, 2.24) is 0 Å². The van der Waals surface area contributed by atoms with Crippen LogP contribution in [0.1, 0.15) is 103 Å². The number of unbranched alkanes of at least 4 members (excludes halogenated alkanes) is 12. The molecular formula is C25H42O3. The third kappa shape index (κ3) is 13.6. The van der Waals surface area contributed by atoms with Gasteiger partial charge >= 0.3 is 5.97 Å². The fraction of sp³-hybridized carbons (Fsp3) is 0.720. The van der Waals surface area contributed by atoms with E-state index in [2.05, 4.69) is 13.0 Å². The van der Waals surface area contributed by atoms with Gasteiger partial charge in [-0.05, 0) is 37.5 Å². The highest BCUT2D eigenvalue weighted by atomic mass is 16.6. The molecule has 0 aliphatic carbocycles. The Balaban J connectivity index is 1.98. The second kappa shape index (κ2) is 17.6. The number of ether oxygens (including phenoxy) is 2. The average molecular weight is 391 g/mol. The lowest BCUT2D eigenvalue weighted by molar-refractivity contribution is -0.145. The minimum absolute atomic E-state index is 0.0178. The molecule has 3 heteroatoms. The van der Waals surface area contributed by atoms with E-state index >= 15 is 0 Å². The van der Waals surface area contributed by atoms with Crippen LogP contribution >= 0.6 is 0 Å². The fourth-order valence-corrected chi connectivity index (χ4v) is 3.48. The minimum atomic E-state index is -0.315. The van der Waals surface area contributed by atoms with Crippen LogP contribution in [-0.2, 0) is 16.0 Å². The van der Waals surface area contributed by atoms with Gasteiger partial charge in [0.1, 0.15) is 5.75 Å². The van der Waals surface area contributed by atoms with Crippen molar-refractivity contribution >= 4 is 5.97 Å². The molecule has 0 radical (unpaired) electrons. The first-order valence-corrected chi connectivity index (χ1v) is 11.6. The standard InChI is InChI=1S/C25H42O3/c1-3-5-6-7-8-9-10-11-12-13-14-15-16-18-23-19-17-20-24(21-23)28-22-25(26)27-4-2/h17,19-21H,3-16,18,22H2,1-2H3. The van der Waals surface area contributed by atoms with E-state index in [0.717, 1.165) is 12.2 Å². The van der Waals surface area contributed by atoms with Crippen molar-refractivity contribution < 1.29 is 14.3 Å². The molecule has 0 atom stereocenters. The van der Waals surface area contributed by atoms with Gasteiger partial charge in [-0.2, -0.15) is 0 Å². The monoisotopic (exact) mass is 390 g/mol. The molecule has 0 aliphatic rings. The van der Waals surface area contributed by atoms with Crippen LogP contribution in [0.15, 0.2) is 24.3 Å². The molecule has 28 heavy (non-hydrogen) atoms. The number of benzene rings is 1. The van der Waals surface area contributed by atoms with E-state index in [1.807, 2.05) is 18.2 Å². The molecule has 0 saturated carbocycles. The van der Waals surface area contributed by atoms with Crippen molar-refractivity contribution in [2.75, 3.05) is 13.2 Å². The van der Waals surface area contributed by atoms with Gasteiger partial charge in [0.05, 0.1) is 6.61 Å². The quantitative estimate of drug-likeness (QED) is 0.195. The lowest BCUT2D eigenvalue weighted by Gasteiger charge is -2.08. The lowest BCUT2D eigenvalue weighted by Crippen LogP contribution is -2.14. The summed E-state index contributed by atoms with van der Waals surface area (Å²) < 4.78 is 10.4. The van der Waals surface area contributed by atoms with Crippen LogP contribution in [0.2, 0.25) is 0 Å². The minimum Gasteiger partial charge on any atom is -0.482 e. The van der Waals surface area contributed by atoms with Crippen LogP contribution in [0.5, 0.6) is 5.75 Å². The first kappa shape index (κ1) is 24.5. The molecular weight excluding hydrogens is 348 g/mol. The summed E-state index contributed by atoms with van der Waals surface area (Å²) in [6.07, 6.45) is 19.0. The zero-order valence-corrected chi connectivity index (χ0v) is 18.3. The number of carbonyl (C=O) groups excluding carboxylic acids is 1. The van der Waals surface area contributed by atoms with Crippen molar-refractivity contribution in [3.8, 4) is 5.75 Å². The predicted molar refractivity (Wildman–Crippen MR) is 118 cm³/mol. The number of aryl methyl sites for hydroxylation is 1. The van der Waals surface area contributed by atoms with E-state index in [9.17, 15) is 4.79 Å². The maximum absolute atomic E-state index is 11.4. The molecule has 0 aliphatic heterocycles. The van der Waals surface area contributed by atoms with E-state index in [1.165, 1.54) is 89.0 Å². The summed E-state index contributed by atoms with van der Waals surface area (Å²) >= 11 is 0. The Kier molecular flexibility index (Phi) is 15.4. The van der Waals surface area contributed by atoms with Crippen molar-refractivity contribution in [3.05, 3.63) is 29.8 Å². The Bertz CT molecular complexity index is 498. The maximum atomic E-state index is 11.4. The summed E-state index contributed by atoms with van der Waals surface area (Å²) in [4.78, 5) is 11.4. The smallest absolute Gasteiger partial charge is 0.344 e. The number of hydrogen-bond acceptors (Lipinski definition) is 3. The van der Waals surface area contributed by atoms with Crippen LogP contribution in [0.25, 0.3) is 0 Å². The molecule has 160 valence electrons. The van der Waals surface area contributed by atoms with Gasteiger partial charge in [0, 0.05) is 0 Å². The van der Waals surface area contributed by atoms with E-state index in [4.69, 9.17) is 9.47 Å². The normalized spacial score (nSPS) is 10.8. The van der Waals surface area contributed by atoms with Crippen molar-refractivity contribution in [2.45, 2.75) is 104 Å². The van der Waals surface area contributed by atoms with E-state index in [1.54, 1.807) is 6.92 Å². The Labute approximate surface area is 173 Å². The van der Waals surface area contributed by atoms with E-state index in [0.29, 0.717) is 6.61 Å². The third-order valence-electron chi connectivity index (χ3n) is 5.13. The number of hydrogen-bond donors (Lipinski definition) is 0. The Hall–Kier alpha value is -1.51. The summed E-state index contributed by atoms with van der Waals surface area (Å²) in [6.45, 7) is 4.45. The average Bonchev–Trinajstić information content (AvgIpc) is 2.70. The molecule has 3 nitrogen and oxygen atoms in total. The Morgan fingerprint density at radius 1 is 0.786 bits per heavy atom. The van der Waals surface area contributed by atoms with Crippen LogP contribution in [-0.4, -0.2) is 19.2 Å². The molecule has 1 rings (SSSR count). The van der Waals surface area contributed by atoms with Crippen molar-refractivity contribution in [1.29, 1.82) is 0 Å². The van der Waals surface area contributed by atoms with Crippen LogP contribution in [0.3, 0.4) is 0 Å². The maximum Gasteiger partial charge on any atom is 0.344 e. The predicted octanol–water partition coefficient (Wildman–Crippen LogP) is 7.26. The van der Waals surface area contributed by atoms with Gasteiger partial charge < -0.3 is 9.47 Å². The van der Waals surface area contributed by atoms with Crippen molar-refractivity contribution in [3.63, 3.8) is 0 Å². The lowest BCUT2D eigenvalue weighted by atomic mass is 10.0. The van der Waals surface area contributed by atoms with Gasteiger partial charge in [-0.25, -0.2) is 4.79 Å². The fourth-order valence-electron chi connectivity index (χ4n) is 3.48. The van der Waals surface area contributed by atoms with Gasteiger partial charge in [-0.1, -0.05) is 96.1 Å². The van der Waals surface area contributed by atoms with Gasteiger partial charge in [-0.3, -0.25) is 0 Å². The van der Waals surface area contributed by atoms with Gasteiger partial charge in [0.2, 0.25) is 0 Å². The Morgan fingerprint density at radius 2 is 1.36 bits per heavy atom. The summed E-state index contributed by atoms with van der Waals surface area (Å²) in [5.74, 6) is 0.435. The first-order valence-electron chi connectivity index (χ1n) is 11.6. The molecule has 0 unspecified atom stereocenters. The molecule has 0 fully saturated rings. The van der Waals surface area contributed by atoms with Crippen LogP contribution < -0.4 is 4.74 Å². The molecule has 0 spiro atoms. The molecule has 0 bridgehead atoms. The zero-order chi connectivity index (χ0) is 20.3. The SMILES string of the molecule is CCCCCCCCCCCCCCCc1cccc(OCC(=O)OCC)c1. The molecule has 0 amide bonds. The molecule has 1 aromatic rings. The number of rotatable bonds is 18. The molecule has 1 aromatic carbocycles. The summed E-state index contributed by atoms with van der Waals surface area (Å²) in [5.41, 5.74) is 1.28. The zero-order valence-electron chi connectivity index (χ0n) is 18.3. The summed E-state index contributed by atoms with van der Waals surface area (Å²) in [7, 11) is 0. The second-order valence-electron chi connectivity index (χ2n) is 7.73. The molecule has 0 aromatic heterocycles. The van der Waals surface area contributed by atoms with Crippen LogP contribution in [0, 0.1) is 0 Å². The highest BCUT2D eigenvalue weighted by molar-refractivity contribution is 5.71. The Morgan fingerprint density at radius 3 is 1.93 bits per heavy atom. The molecule has 0 heterocycles. The third-order valence-corrected chi connectivity index (χ3v) is 5.13. The second-order valence-corrected chi connectivity index (χ2v) is 7.73. The van der Waals surface area contributed by atoms with E-state index in [-0.39, 0.29) is 12.6 Å². The van der Waals surface area contributed by atoms with Crippen LogP contribution in [0.4, 0.5) is 0 Å². The van der Waals surface area contributed by atoms with Gasteiger partial charge in [0.15, 0.2) is 6.61 Å². The van der Waals surface area contributed by atoms with Crippen molar-refractivity contribution in [2.24, 2.45) is 0 Å². The topological polar surface area (TPSA) is 35.5 Å². The highest BCUT2D eigenvalue weighted by Crippen LogP contribution is 2.17. The highest BCUT2D eigenvalue weighted by Gasteiger charge is 2.03. The summed E-state index contributed by atoms with van der Waals surface area (Å²) in [5, 5.41) is 0. The van der Waals surface area contributed by atoms with Gasteiger partial charge in [-0.15, -0.1) is 0 Å². The van der Waals surface area contributed by atoms with Gasteiger partial charge in [0.25, 0.3) is 0 Å². The molecule has 0 saturated heterocycles.